The average Bonchev–Trinajstić information content (AvgIpc) is 2.56. The maximum Gasteiger partial charge on any atom is 0.275 e. The van der Waals surface area contributed by atoms with E-state index in [-0.39, 0.29) is 29.2 Å². The molecule has 0 aliphatic carbocycles. The first-order chi connectivity index (χ1) is 12.2. The second-order valence-electron chi connectivity index (χ2n) is 6.31. The predicted octanol–water partition coefficient (Wildman–Crippen LogP) is 0.365. The van der Waals surface area contributed by atoms with Crippen LogP contribution in [0, 0.1) is 5.82 Å². The van der Waals surface area contributed by atoms with Gasteiger partial charge in [0, 0.05) is 5.56 Å². The van der Waals surface area contributed by atoms with Crippen LogP contribution in [0.2, 0.25) is 0 Å². The number of carbonyl (C=O) groups excluding carboxylic acids is 1. The molecule has 1 amide bonds. The van der Waals surface area contributed by atoms with Gasteiger partial charge in [-0.25, -0.2) is 17.9 Å². The number of amides is 1. The fourth-order valence-corrected chi connectivity index (χ4v) is 3.14. The molecule has 6 nitrogen and oxygen atoms in total. The quantitative estimate of drug-likeness (QED) is 0.648. The summed E-state index contributed by atoms with van der Waals surface area (Å²) in [4.78, 5) is 13.1. The molecule has 0 radical (unpaired) electrons. The number of hydrogen-bond acceptors (Lipinski definition) is 3. The van der Waals surface area contributed by atoms with Crippen LogP contribution in [-0.2, 0) is 21.4 Å². The lowest BCUT2D eigenvalue weighted by atomic mass is 10.1. The molecule has 0 saturated heterocycles. The molecule has 2 atom stereocenters. The maximum atomic E-state index is 13.7. The number of likely N-dealkylation sites (N-methyl/N-ethyl adjacent to an activating group) is 1. The fourth-order valence-electron chi connectivity index (χ4n) is 2.63. The fraction of sp³-hybridized carbons (Fsp3) is 0.278. The number of halogens is 1. The summed E-state index contributed by atoms with van der Waals surface area (Å²) in [7, 11) is -1.92. The lowest BCUT2D eigenvalue weighted by Gasteiger charge is -2.18. The van der Waals surface area contributed by atoms with Crippen molar-refractivity contribution in [2.45, 2.75) is 24.4 Å². The number of benzene rings is 2. The number of nitrogens with one attached hydrogen (secondary N) is 2. The lowest BCUT2D eigenvalue weighted by molar-refractivity contribution is -0.885. The van der Waals surface area contributed by atoms with Crippen LogP contribution in [0.1, 0.15) is 24.1 Å². The molecule has 0 spiro atoms. The summed E-state index contributed by atoms with van der Waals surface area (Å²) in [5.41, 5.74) is 1.32. The zero-order chi connectivity index (χ0) is 19.3. The van der Waals surface area contributed by atoms with E-state index in [1.54, 1.807) is 37.3 Å². The van der Waals surface area contributed by atoms with Gasteiger partial charge in [0.25, 0.3) is 5.91 Å². The molecule has 0 fully saturated rings. The van der Waals surface area contributed by atoms with Crippen molar-refractivity contribution in [3.63, 3.8) is 0 Å². The summed E-state index contributed by atoms with van der Waals surface area (Å²) in [6.07, 6.45) is 0. The third-order valence-corrected chi connectivity index (χ3v) is 4.93. The Kier molecular flexibility index (Phi) is 6.47. The Balaban J connectivity index is 1.91. The molecular weight excluding hydrogens is 357 g/mol. The van der Waals surface area contributed by atoms with E-state index >= 15 is 0 Å². The summed E-state index contributed by atoms with van der Waals surface area (Å²) in [6.45, 7) is 2.39. The van der Waals surface area contributed by atoms with Crippen LogP contribution < -0.4 is 15.4 Å². The smallest absolute Gasteiger partial charge is 0.275 e. The van der Waals surface area contributed by atoms with E-state index in [1.165, 1.54) is 18.2 Å². The van der Waals surface area contributed by atoms with Gasteiger partial charge in [0.1, 0.15) is 12.4 Å². The molecule has 2 aromatic rings. The molecule has 0 heterocycles. The van der Waals surface area contributed by atoms with Crippen LogP contribution in [-0.4, -0.2) is 27.9 Å². The highest BCUT2D eigenvalue weighted by atomic mass is 32.2. The predicted molar refractivity (Wildman–Crippen MR) is 96.2 cm³/mol. The molecule has 1 unspecified atom stereocenters. The minimum atomic E-state index is -3.74. The molecule has 0 aliphatic heterocycles. The second-order valence-corrected chi connectivity index (χ2v) is 7.87. The van der Waals surface area contributed by atoms with Gasteiger partial charge < -0.3 is 10.2 Å². The summed E-state index contributed by atoms with van der Waals surface area (Å²) >= 11 is 0. The van der Waals surface area contributed by atoms with Gasteiger partial charge in [-0.3, -0.25) is 4.79 Å². The van der Waals surface area contributed by atoms with E-state index in [4.69, 9.17) is 5.14 Å². The Morgan fingerprint density at radius 1 is 1.19 bits per heavy atom. The van der Waals surface area contributed by atoms with Crippen molar-refractivity contribution in [1.82, 2.24) is 5.32 Å². The molecule has 0 bridgehead atoms. The first-order valence-electron chi connectivity index (χ1n) is 8.13. The lowest BCUT2D eigenvalue weighted by Crippen LogP contribution is -3.09. The van der Waals surface area contributed by atoms with Gasteiger partial charge in [0.05, 0.1) is 18.0 Å². The van der Waals surface area contributed by atoms with E-state index in [0.717, 1.165) is 10.5 Å². The first-order valence-corrected chi connectivity index (χ1v) is 9.68. The van der Waals surface area contributed by atoms with Gasteiger partial charge in [-0.2, -0.15) is 0 Å². The summed E-state index contributed by atoms with van der Waals surface area (Å²) in [5, 5.41) is 7.92. The Labute approximate surface area is 152 Å². The number of rotatable bonds is 7. The zero-order valence-corrected chi connectivity index (χ0v) is 15.5. The van der Waals surface area contributed by atoms with Gasteiger partial charge in [-0.1, -0.05) is 30.3 Å². The number of sulfonamides is 1. The van der Waals surface area contributed by atoms with E-state index in [9.17, 15) is 17.6 Å². The monoisotopic (exact) mass is 380 g/mol. The number of hydrogen-bond donors (Lipinski definition) is 3. The van der Waals surface area contributed by atoms with Crippen LogP contribution in [0.5, 0.6) is 0 Å². The second kappa shape index (κ2) is 8.39. The Hall–Kier alpha value is -2.29. The highest BCUT2D eigenvalue weighted by Crippen LogP contribution is 2.15. The topological polar surface area (TPSA) is 93.7 Å². The molecule has 140 valence electrons. The summed E-state index contributed by atoms with van der Waals surface area (Å²) < 4.78 is 36.2. The van der Waals surface area contributed by atoms with Crippen LogP contribution >= 0.6 is 0 Å². The third kappa shape index (κ3) is 5.62. The van der Waals surface area contributed by atoms with Crippen LogP contribution in [0.4, 0.5) is 4.39 Å². The van der Waals surface area contributed by atoms with Crippen molar-refractivity contribution >= 4 is 15.9 Å². The number of quaternary nitrogens is 1. The Bertz CT molecular complexity index is 870. The molecule has 8 heteroatoms. The molecular formula is C18H23FN3O3S+. The van der Waals surface area contributed by atoms with E-state index in [0.29, 0.717) is 12.1 Å². The standard InChI is InChI=1S/C18H22FN3O3S/c1-13(14-7-9-16(10-8-14)26(20,24)25)21-18(23)12-22(2)11-15-5-3-4-6-17(15)19/h3-10,13H,11-12H2,1-2H3,(H,21,23)(H2,20,24,25)/p+1/t13-/m1/s1. The molecule has 4 N–H and O–H groups in total. The van der Waals surface area contributed by atoms with Crippen LogP contribution in [0.15, 0.2) is 53.4 Å². The number of nitrogens with two attached hydrogens (primary N) is 1. The van der Waals surface area contributed by atoms with Gasteiger partial charge >= 0.3 is 0 Å². The molecule has 2 rings (SSSR count). The number of carbonyl (C=O) groups is 1. The third-order valence-electron chi connectivity index (χ3n) is 4.00. The van der Waals surface area contributed by atoms with Crippen molar-refractivity contribution < 1.29 is 22.5 Å². The highest BCUT2D eigenvalue weighted by molar-refractivity contribution is 7.89. The van der Waals surface area contributed by atoms with Crippen LogP contribution in [0.25, 0.3) is 0 Å². The van der Waals surface area contributed by atoms with E-state index < -0.39 is 10.0 Å². The Morgan fingerprint density at radius 2 is 1.81 bits per heavy atom. The molecule has 26 heavy (non-hydrogen) atoms. The average molecular weight is 380 g/mol. The number of primary sulfonamides is 1. The van der Waals surface area contributed by atoms with Crippen molar-refractivity contribution in [3.05, 3.63) is 65.5 Å². The van der Waals surface area contributed by atoms with E-state index in [2.05, 4.69) is 5.32 Å². The SMILES string of the molecule is C[C@@H](NC(=O)C[NH+](C)Cc1ccccc1F)c1ccc(S(N)(=O)=O)cc1. The molecule has 0 saturated carbocycles. The van der Waals surface area contributed by atoms with Gasteiger partial charge in [0.15, 0.2) is 6.54 Å². The maximum absolute atomic E-state index is 13.7. The van der Waals surface area contributed by atoms with Crippen LogP contribution in [0.3, 0.4) is 0 Å². The highest BCUT2D eigenvalue weighted by Gasteiger charge is 2.16. The molecule has 0 aliphatic rings. The first kappa shape index (κ1) is 20.0. The Morgan fingerprint density at radius 3 is 2.38 bits per heavy atom. The van der Waals surface area contributed by atoms with Crippen molar-refractivity contribution in [2.75, 3.05) is 13.6 Å². The van der Waals surface area contributed by atoms with Gasteiger partial charge in [0.2, 0.25) is 10.0 Å². The summed E-state index contributed by atoms with van der Waals surface area (Å²) in [5.74, 6) is -0.461. The largest absolute Gasteiger partial charge is 0.345 e. The van der Waals surface area contributed by atoms with Gasteiger partial charge in [-0.05, 0) is 30.7 Å². The van der Waals surface area contributed by atoms with Gasteiger partial charge in [-0.15, -0.1) is 0 Å². The van der Waals surface area contributed by atoms with Crippen molar-refractivity contribution in [3.8, 4) is 0 Å². The minimum Gasteiger partial charge on any atom is -0.345 e. The normalized spacial score (nSPS) is 13.8. The van der Waals surface area contributed by atoms with Crippen molar-refractivity contribution in [2.24, 2.45) is 5.14 Å². The van der Waals surface area contributed by atoms with Crippen molar-refractivity contribution in [1.29, 1.82) is 0 Å². The van der Waals surface area contributed by atoms with E-state index in [1.807, 2.05) is 7.05 Å². The summed E-state index contributed by atoms with van der Waals surface area (Å²) in [6, 6.07) is 12.2. The molecule has 0 aromatic heterocycles. The molecule has 2 aromatic carbocycles. The minimum absolute atomic E-state index is 0.0221. The zero-order valence-electron chi connectivity index (χ0n) is 14.7.